The number of amides is 1. The number of ether oxygens (including phenoxy) is 1. The molecule has 4 rings (SSSR count). The van der Waals surface area contributed by atoms with Gasteiger partial charge in [0.2, 0.25) is 0 Å². The summed E-state index contributed by atoms with van der Waals surface area (Å²) in [5, 5.41) is 3.01. The molecule has 0 bridgehead atoms. The van der Waals surface area contributed by atoms with E-state index in [2.05, 4.69) is 34.2 Å². The van der Waals surface area contributed by atoms with Crippen LogP contribution in [0.3, 0.4) is 0 Å². The first-order valence-corrected chi connectivity index (χ1v) is 7.89. The number of halogens is 1. The number of carbonyl (C=O) groups excluding carboxylic acids is 1. The molecule has 0 saturated carbocycles. The van der Waals surface area contributed by atoms with Gasteiger partial charge >= 0.3 is 0 Å². The first-order chi connectivity index (χ1) is 9.63. The first kappa shape index (κ1) is 12.6. The molecule has 1 spiro atoms. The van der Waals surface area contributed by atoms with Gasteiger partial charge in [0.05, 0.1) is 6.10 Å². The van der Waals surface area contributed by atoms with Gasteiger partial charge in [-0.25, -0.2) is 0 Å². The maximum absolute atomic E-state index is 12.8. The zero-order chi connectivity index (χ0) is 13.9. The summed E-state index contributed by atoms with van der Waals surface area (Å²) in [6.07, 6.45) is 5.35. The average molecular weight is 334 g/mol. The van der Waals surface area contributed by atoms with Crippen molar-refractivity contribution in [2.75, 3.05) is 5.32 Å². The van der Waals surface area contributed by atoms with Crippen molar-refractivity contribution in [1.29, 1.82) is 0 Å². The smallest absolute Gasteiger partial charge is 0.262 e. The molecule has 1 amide bonds. The van der Waals surface area contributed by atoms with Gasteiger partial charge in [-0.2, -0.15) is 0 Å². The summed E-state index contributed by atoms with van der Waals surface area (Å²) in [6, 6.07) is 5.88. The maximum atomic E-state index is 12.8. The van der Waals surface area contributed by atoms with E-state index in [9.17, 15) is 4.79 Å². The van der Waals surface area contributed by atoms with E-state index in [1.165, 1.54) is 5.57 Å². The molecular weight excluding hydrogens is 318 g/mol. The Labute approximate surface area is 126 Å². The highest BCUT2D eigenvalue weighted by Crippen LogP contribution is 2.56. The molecule has 3 aliphatic rings. The zero-order valence-corrected chi connectivity index (χ0v) is 12.9. The fraction of sp³-hybridized carbons (Fsp3) is 0.438. The molecule has 2 aliphatic heterocycles. The van der Waals surface area contributed by atoms with Crippen LogP contribution in [0.25, 0.3) is 0 Å². The van der Waals surface area contributed by atoms with Crippen molar-refractivity contribution in [1.82, 2.24) is 0 Å². The third-order valence-corrected chi connectivity index (χ3v) is 5.34. The van der Waals surface area contributed by atoms with Crippen LogP contribution in [0.15, 0.2) is 34.3 Å². The Kier molecular flexibility index (Phi) is 2.63. The molecule has 0 unspecified atom stereocenters. The van der Waals surface area contributed by atoms with Crippen molar-refractivity contribution in [3.8, 4) is 0 Å². The summed E-state index contributed by atoms with van der Waals surface area (Å²) in [6.45, 7) is 2.05. The van der Waals surface area contributed by atoms with Gasteiger partial charge in [0.1, 0.15) is 0 Å². The molecule has 1 aromatic carbocycles. The van der Waals surface area contributed by atoms with E-state index >= 15 is 0 Å². The number of anilines is 1. The molecule has 4 heteroatoms. The molecule has 1 fully saturated rings. The number of benzene rings is 1. The van der Waals surface area contributed by atoms with Gasteiger partial charge in [-0.3, -0.25) is 4.79 Å². The molecule has 104 valence electrons. The Morgan fingerprint density at radius 3 is 3.15 bits per heavy atom. The Hall–Kier alpha value is -1.13. The van der Waals surface area contributed by atoms with E-state index in [4.69, 9.17) is 4.74 Å². The lowest BCUT2D eigenvalue weighted by atomic mass is 9.74. The number of fused-ring (bicyclic) bond motifs is 4. The molecular formula is C16H16BrNO2. The van der Waals surface area contributed by atoms with Crippen LogP contribution in [0.2, 0.25) is 0 Å². The zero-order valence-electron chi connectivity index (χ0n) is 11.3. The minimum absolute atomic E-state index is 0.0104. The van der Waals surface area contributed by atoms with Crippen molar-refractivity contribution in [2.24, 2.45) is 5.92 Å². The van der Waals surface area contributed by atoms with Crippen LogP contribution in [0, 0.1) is 5.92 Å². The summed E-state index contributed by atoms with van der Waals surface area (Å²) < 4.78 is 7.24. The fourth-order valence-corrected chi connectivity index (χ4v) is 4.67. The largest absolute Gasteiger partial charge is 0.356 e. The highest BCUT2D eigenvalue weighted by atomic mass is 79.9. The quantitative estimate of drug-likeness (QED) is 0.734. The van der Waals surface area contributed by atoms with Crippen molar-refractivity contribution >= 4 is 27.5 Å². The SMILES string of the molecule is C[C@@H]1CC2=CCC[C@H]2[C@]2(O1)C(=O)Nc1cccc(Br)c12. The number of hydrogen-bond acceptors (Lipinski definition) is 2. The van der Waals surface area contributed by atoms with Crippen LogP contribution >= 0.6 is 15.9 Å². The molecule has 1 aromatic rings. The molecule has 0 aromatic heterocycles. The standard InChI is InChI=1S/C16H16BrNO2/c1-9-8-10-4-2-5-11(10)16(20-9)14-12(17)6-3-7-13(14)18-15(16)19/h3-4,6-7,9,11H,2,5,8H2,1H3,(H,18,19)/t9-,11-,16-/m1/s1. The maximum Gasteiger partial charge on any atom is 0.262 e. The van der Waals surface area contributed by atoms with Gasteiger partial charge in [-0.1, -0.05) is 33.6 Å². The van der Waals surface area contributed by atoms with Crippen molar-refractivity contribution in [3.63, 3.8) is 0 Å². The van der Waals surface area contributed by atoms with E-state index < -0.39 is 5.60 Å². The minimum Gasteiger partial charge on any atom is -0.356 e. The molecule has 1 saturated heterocycles. The second-order valence-electron chi connectivity index (χ2n) is 5.89. The van der Waals surface area contributed by atoms with Crippen LogP contribution in [-0.4, -0.2) is 12.0 Å². The fourth-order valence-electron chi connectivity index (χ4n) is 4.01. The predicted molar refractivity (Wildman–Crippen MR) is 80.4 cm³/mol. The summed E-state index contributed by atoms with van der Waals surface area (Å²) >= 11 is 3.61. The Bertz CT molecular complexity index is 639. The summed E-state index contributed by atoms with van der Waals surface area (Å²) in [5.41, 5.74) is 2.41. The Morgan fingerprint density at radius 2 is 2.30 bits per heavy atom. The topological polar surface area (TPSA) is 38.3 Å². The molecule has 1 N–H and O–H groups in total. The van der Waals surface area contributed by atoms with Crippen molar-refractivity contribution < 1.29 is 9.53 Å². The molecule has 3 atom stereocenters. The highest BCUT2D eigenvalue weighted by Gasteiger charge is 2.58. The molecule has 2 heterocycles. The monoisotopic (exact) mass is 333 g/mol. The van der Waals surface area contributed by atoms with Crippen LogP contribution in [0.1, 0.15) is 31.7 Å². The summed E-state index contributed by atoms with van der Waals surface area (Å²) in [5.74, 6) is 0.169. The second-order valence-corrected chi connectivity index (χ2v) is 6.75. The Morgan fingerprint density at radius 1 is 1.45 bits per heavy atom. The first-order valence-electron chi connectivity index (χ1n) is 7.10. The molecule has 3 nitrogen and oxygen atoms in total. The lowest BCUT2D eigenvalue weighted by Crippen LogP contribution is -2.49. The normalized spacial score (nSPS) is 34.7. The minimum atomic E-state index is -0.838. The van der Waals surface area contributed by atoms with Crippen LogP contribution < -0.4 is 5.32 Å². The lowest BCUT2D eigenvalue weighted by molar-refractivity contribution is -0.166. The predicted octanol–water partition coefficient (Wildman–Crippen LogP) is 3.74. The molecule has 1 aliphatic carbocycles. The van der Waals surface area contributed by atoms with E-state index in [1.54, 1.807) is 0 Å². The van der Waals surface area contributed by atoms with Crippen molar-refractivity contribution in [3.05, 3.63) is 39.9 Å². The Balaban J connectivity index is 1.96. The van der Waals surface area contributed by atoms with Gasteiger partial charge in [0.15, 0.2) is 5.60 Å². The highest BCUT2D eigenvalue weighted by molar-refractivity contribution is 9.10. The van der Waals surface area contributed by atoms with Gasteiger partial charge < -0.3 is 10.1 Å². The van der Waals surface area contributed by atoms with Gasteiger partial charge in [-0.05, 0) is 38.3 Å². The summed E-state index contributed by atoms with van der Waals surface area (Å²) in [4.78, 5) is 12.8. The van der Waals surface area contributed by atoms with E-state index in [1.807, 2.05) is 18.2 Å². The van der Waals surface area contributed by atoms with E-state index in [0.717, 1.165) is 35.0 Å². The average Bonchev–Trinajstić information content (AvgIpc) is 2.95. The number of hydrogen-bond donors (Lipinski definition) is 1. The second kappa shape index (κ2) is 4.18. The number of rotatable bonds is 0. The van der Waals surface area contributed by atoms with Gasteiger partial charge in [-0.15, -0.1) is 0 Å². The molecule has 20 heavy (non-hydrogen) atoms. The number of nitrogens with one attached hydrogen (secondary N) is 1. The summed E-state index contributed by atoms with van der Waals surface area (Å²) in [7, 11) is 0. The number of allylic oxidation sites excluding steroid dienone is 1. The third kappa shape index (κ3) is 1.46. The van der Waals surface area contributed by atoms with E-state index in [0.29, 0.717) is 0 Å². The van der Waals surface area contributed by atoms with Crippen molar-refractivity contribution in [2.45, 2.75) is 37.9 Å². The van der Waals surface area contributed by atoms with Crippen LogP contribution in [0.5, 0.6) is 0 Å². The van der Waals surface area contributed by atoms with Crippen LogP contribution in [-0.2, 0) is 15.1 Å². The third-order valence-electron chi connectivity index (χ3n) is 4.68. The van der Waals surface area contributed by atoms with Gasteiger partial charge in [0.25, 0.3) is 5.91 Å². The van der Waals surface area contributed by atoms with Gasteiger partial charge in [0, 0.05) is 21.6 Å². The van der Waals surface area contributed by atoms with Crippen LogP contribution in [0.4, 0.5) is 5.69 Å². The molecule has 0 radical (unpaired) electrons. The lowest BCUT2D eigenvalue weighted by Gasteiger charge is -2.42. The number of carbonyl (C=O) groups is 1. The van der Waals surface area contributed by atoms with E-state index in [-0.39, 0.29) is 17.9 Å².